The van der Waals surface area contributed by atoms with Crippen molar-refractivity contribution in [2.24, 2.45) is 0 Å². The number of rotatable bonds is 9. The maximum atomic E-state index is 11.7. The van der Waals surface area contributed by atoms with E-state index in [4.69, 9.17) is 9.84 Å². The number of methoxy groups -OCH3 is 1. The van der Waals surface area contributed by atoms with Gasteiger partial charge in [-0.1, -0.05) is 0 Å². The number of amides is 2. The third-order valence-corrected chi connectivity index (χ3v) is 2.49. The molecule has 0 atom stereocenters. The summed E-state index contributed by atoms with van der Waals surface area (Å²) in [5.41, 5.74) is 0. The third-order valence-electron chi connectivity index (χ3n) is 2.49. The van der Waals surface area contributed by atoms with Gasteiger partial charge in [-0.2, -0.15) is 0 Å². The molecule has 0 rings (SSSR count). The first-order valence-electron chi connectivity index (χ1n) is 6.24. The van der Waals surface area contributed by atoms with E-state index in [1.54, 1.807) is 21.0 Å². The van der Waals surface area contributed by atoms with Crippen LogP contribution in [0.15, 0.2) is 0 Å². The summed E-state index contributed by atoms with van der Waals surface area (Å²) < 4.78 is 4.92. The lowest BCUT2D eigenvalue weighted by Gasteiger charge is -2.25. The average molecular weight is 260 g/mol. The van der Waals surface area contributed by atoms with Crippen molar-refractivity contribution >= 4 is 12.0 Å². The molecule has 6 nitrogen and oxygen atoms in total. The van der Waals surface area contributed by atoms with Crippen LogP contribution in [0, 0.1) is 0 Å². The van der Waals surface area contributed by atoms with Crippen molar-refractivity contribution in [3.63, 3.8) is 0 Å². The van der Waals surface area contributed by atoms with Gasteiger partial charge < -0.3 is 20.1 Å². The van der Waals surface area contributed by atoms with E-state index in [9.17, 15) is 9.59 Å². The lowest BCUT2D eigenvalue weighted by atomic mass is 10.2. The van der Waals surface area contributed by atoms with Crippen molar-refractivity contribution in [1.82, 2.24) is 10.2 Å². The fourth-order valence-electron chi connectivity index (χ4n) is 1.48. The van der Waals surface area contributed by atoms with Gasteiger partial charge in [-0.15, -0.1) is 0 Å². The summed E-state index contributed by atoms with van der Waals surface area (Å²) in [7, 11) is 1.66. The number of carboxylic acid groups (broad SMARTS) is 1. The largest absolute Gasteiger partial charge is 0.480 e. The molecule has 0 saturated heterocycles. The molecule has 18 heavy (non-hydrogen) atoms. The van der Waals surface area contributed by atoms with Crippen molar-refractivity contribution in [2.75, 3.05) is 26.8 Å². The van der Waals surface area contributed by atoms with Gasteiger partial charge in [0, 0.05) is 26.3 Å². The first kappa shape index (κ1) is 16.7. The summed E-state index contributed by atoms with van der Waals surface area (Å²) >= 11 is 0. The quantitative estimate of drug-likeness (QED) is 0.613. The highest BCUT2D eigenvalue weighted by atomic mass is 16.5. The van der Waals surface area contributed by atoms with Gasteiger partial charge >= 0.3 is 12.0 Å². The minimum absolute atomic E-state index is 0.130. The standard InChI is InChI=1S/C12H24N2O4/c1-10(2)14(9-11(15)16)12(17)13-7-5-4-6-8-18-3/h10H,4-9H2,1-3H3,(H,13,17)(H,15,16). The Kier molecular flexibility index (Phi) is 9.00. The van der Waals surface area contributed by atoms with Crippen LogP contribution in [0.3, 0.4) is 0 Å². The SMILES string of the molecule is COCCCCCNC(=O)N(CC(=O)O)C(C)C. The number of unbranched alkanes of at least 4 members (excludes halogenated alkanes) is 2. The number of nitrogens with zero attached hydrogens (tertiary/aromatic N) is 1. The molecule has 0 fully saturated rings. The minimum atomic E-state index is -1.00. The van der Waals surface area contributed by atoms with Gasteiger partial charge in [-0.3, -0.25) is 4.79 Å². The fraction of sp³-hybridized carbons (Fsp3) is 0.833. The zero-order valence-corrected chi connectivity index (χ0v) is 11.4. The van der Waals surface area contributed by atoms with Crippen LogP contribution in [-0.2, 0) is 9.53 Å². The zero-order chi connectivity index (χ0) is 14.0. The van der Waals surface area contributed by atoms with Crippen molar-refractivity contribution in [3.05, 3.63) is 0 Å². The average Bonchev–Trinajstić information content (AvgIpc) is 2.29. The normalized spacial score (nSPS) is 10.4. The predicted molar refractivity (Wildman–Crippen MR) is 68.6 cm³/mol. The molecule has 0 aliphatic rings. The molecule has 0 spiro atoms. The predicted octanol–water partition coefficient (Wildman–Crippen LogP) is 1.31. The molecule has 0 aliphatic heterocycles. The van der Waals surface area contributed by atoms with E-state index in [2.05, 4.69) is 5.32 Å². The summed E-state index contributed by atoms with van der Waals surface area (Å²) in [6.45, 7) is 4.60. The molecule has 0 heterocycles. The Morgan fingerprint density at radius 2 is 1.94 bits per heavy atom. The van der Waals surface area contributed by atoms with Crippen molar-refractivity contribution < 1.29 is 19.4 Å². The number of hydrogen-bond donors (Lipinski definition) is 2. The van der Waals surface area contributed by atoms with Crippen molar-refractivity contribution in [2.45, 2.75) is 39.2 Å². The molecule has 0 unspecified atom stereocenters. The van der Waals surface area contributed by atoms with Crippen molar-refractivity contribution in [3.8, 4) is 0 Å². The van der Waals surface area contributed by atoms with Crippen LogP contribution in [0.5, 0.6) is 0 Å². The zero-order valence-electron chi connectivity index (χ0n) is 11.4. The molecule has 2 N–H and O–H groups in total. The number of carbonyl (C=O) groups is 2. The monoisotopic (exact) mass is 260 g/mol. The van der Waals surface area contributed by atoms with Crippen LogP contribution >= 0.6 is 0 Å². The highest BCUT2D eigenvalue weighted by molar-refractivity contribution is 5.80. The minimum Gasteiger partial charge on any atom is -0.480 e. The number of carboxylic acids is 1. The van der Waals surface area contributed by atoms with E-state index in [1.807, 2.05) is 0 Å². The van der Waals surface area contributed by atoms with Gasteiger partial charge in [-0.05, 0) is 33.1 Å². The smallest absolute Gasteiger partial charge is 0.323 e. The topological polar surface area (TPSA) is 78.9 Å². The summed E-state index contributed by atoms with van der Waals surface area (Å²) in [6, 6.07) is -0.450. The Morgan fingerprint density at radius 3 is 2.44 bits per heavy atom. The lowest BCUT2D eigenvalue weighted by molar-refractivity contribution is -0.138. The fourth-order valence-corrected chi connectivity index (χ4v) is 1.48. The maximum absolute atomic E-state index is 11.7. The van der Waals surface area contributed by atoms with Crippen LogP contribution in [-0.4, -0.2) is 54.9 Å². The Balaban J connectivity index is 3.85. The number of ether oxygens (including phenoxy) is 1. The van der Waals surface area contributed by atoms with Gasteiger partial charge in [0.1, 0.15) is 6.54 Å². The Bertz CT molecular complexity index is 256. The molecule has 0 saturated carbocycles. The highest BCUT2D eigenvalue weighted by Crippen LogP contribution is 1.99. The molecule has 0 radical (unpaired) electrons. The van der Waals surface area contributed by atoms with Crippen LogP contribution < -0.4 is 5.32 Å². The Labute approximate surface area is 108 Å². The van der Waals surface area contributed by atoms with Gasteiger partial charge in [0.05, 0.1) is 0 Å². The van der Waals surface area contributed by atoms with Gasteiger partial charge in [0.25, 0.3) is 0 Å². The first-order chi connectivity index (χ1) is 8.49. The van der Waals surface area contributed by atoms with E-state index in [0.717, 1.165) is 25.9 Å². The summed E-state index contributed by atoms with van der Waals surface area (Å²) in [5.74, 6) is -1.00. The molecule has 2 amide bonds. The first-order valence-corrected chi connectivity index (χ1v) is 6.24. The molecule has 0 bridgehead atoms. The summed E-state index contributed by atoms with van der Waals surface area (Å²) in [5, 5.41) is 11.4. The molecule has 0 aromatic carbocycles. The number of carbonyl (C=O) groups excluding carboxylic acids is 1. The second-order valence-electron chi connectivity index (χ2n) is 4.40. The van der Waals surface area contributed by atoms with Crippen LogP contribution in [0.4, 0.5) is 4.79 Å². The van der Waals surface area contributed by atoms with Gasteiger partial charge in [-0.25, -0.2) is 4.79 Å². The number of nitrogens with one attached hydrogen (secondary N) is 1. The molecule has 6 heteroatoms. The van der Waals surface area contributed by atoms with Gasteiger partial charge in [0.15, 0.2) is 0 Å². The second kappa shape index (κ2) is 9.70. The van der Waals surface area contributed by atoms with Gasteiger partial charge in [0.2, 0.25) is 0 Å². The van der Waals surface area contributed by atoms with E-state index in [-0.39, 0.29) is 18.6 Å². The highest BCUT2D eigenvalue weighted by Gasteiger charge is 2.18. The van der Waals surface area contributed by atoms with E-state index in [0.29, 0.717) is 6.54 Å². The molecule has 106 valence electrons. The Morgan fingerprint density at radius 1 is 1.28 bits per heavy atom. The molecule has 0 aromatic rings. The molecule has 0 aromatic heterocycles. The van der Waals surface area contributed by atoms with E-state index >= 15 is 0 Å². The Hall–Kier alpha value is -1.30. The lowest BCUT2D eigenvalue weighted by Crippen LogP contribution is -2.46. The second-order valence-corrected chi connectivity index (χ2v) is 4.40. The van der Waals surface area contributed by atoms with Crippen LogP contribution in [0.1, 0.15) is 33.1 Å². The third kappa shape index (κ3) is 7.89. The molecular weight excluding hydrogens is 236 g/mol. The summed E-state index contributed by atoms with van der Waals surface area (Å²) in [4.78, 5) is 23.7. The number of aliphatic carboxylic acids is 1. The van der Waals surface area contributed by atoms with Crippen LogP contribution in [0.2, 0.25) is 0 Å². The summed E-state index contributed by atoms with van der Waals surface area (Å²) in [6.07, 6.45) is 2.82. The molecular formula is C12H24N2O4. The maximum Gasteiger partial charge on any atom is 0.323 e. The number of urea groups is 1. The van der Waals surface area contributed by atoms with E-state index < -0.39 is 5.97 Å². The van der Waals surface area contributed by atoms with Crippen LogP contribution in [0.25, 0.3) is 0 Å². The van der Waals surface area contributed by atoms with E-state index in [1.165, 1.54) is 4.90 Å². The number of hydrogen-bond acceptors (Lipinski definition) is 3. The molecule has 0 aliphatic carbocycles. The van der Waals surface area contributed by atoms with Crippen molar-refractivity contribution in [1.29, 1.82) is 0 Å².